The molecule has 2 heterocycles. The van der Waals surface area contributed by atoms with E-state index in [4.69, 9.17) is 15.2 Å². The summed E-state index contributed by atoms with van der Waals surface area (Å²) in [6.07, 6.45) is 1.63. The van der Waals surface area contributed by atoms with E-state index in [0.29, 0.717) is 50.3 Å². The molecule has 4 N–H and O–H groups in total. The molecular formula is C22H28N4O4. The third-order valence-electron chi connectivity index (χ3n) is 4.72. The van der Waals surface area contributed by atoms with Crippen LogP contribution in [0, 0.1) is 0 Å². The SMILES string of the molecule is CNC(=O)c1cc(C(=O)NCCCC2OCC(N)CO2)cc(Cc2ccccc2)n1. The topological polar surface area (TPSA) is 116 Å². The molecule has 8 heteroatoms. The lowest BCUT2D eigenvalue weighted by Gasteiger charge is -2.27. The number of carbonyl (C=O) groups excluding carboxylic acids is 2. The second kappa shape index (κ2) is 10.8. The maximum Gasteiger partial charge on any atom is 0.269 e. The summed E-state index contributed by atoms with van der Waals surface area (Å²) in [5.74, 6) is -0.576. The highest BCUT2D eigenvalue weighted by Gasteiger charge is 2.19. The van der Waals surface area contributed by atoms with E-state index in [1.165, 1.54) is 13.1 Å². The normalized spacial score (nSPS) is 18.6. The Morgan fingerprint density at radius 1 is 1.13 bits per heavy atom. The molecule has 3 rings (SSSR count). The Kier molecular flexibility index (Phi) is 7.89. The monoisotopic (exact) mass is 412 g/mol. The molecule has 0 unspecified atom stereocenters. The number of carbonyl (C=O) groups is 2. The van der Waals surface area contributed by atoms with Gasteiger partial charge >= 0.3 is 0 Å². The molecular weight excluding hydrogens is 384 g/mol. The minimum Gasteiger partial charge on any atom is -0.354 e. The average molecular weight is 412 g/mol. The summed E-state index contributed by atoms with van der Waals surface area (Å²) in [5.41, 5.74) is 8.06. The zero-order valence-electron chi connectivity index (χ0n) is 17.1. The molecule has 0 spiro atoms. The predicted molar refractivity (Wildman–Crippen MR) is 112 cm³/mol. The van der Waals surface area contributed by atoms with E-state index in [0.717, 1.165) is 5.56 Å². The summed E-state index contributed by atoms with van der Waals surface area (Å²) in [7, 11) is 1.54. The average Bonchev–Trinajstić information content (AvgIpc) is 2.77. The molecule has 30 heavy (non-hydrogen) atoms. The van der Waals surface area contributed by atoms with E-state index >= 15 is 0 Å². The summed E-state index contributed by atoms with van der Waals surface area (Å²) in [6.45, 7) is 1.45. The predicted octanol–water partition coefficient (Wildman–Crippen LogP) is 1.24. The zero-order valence-corrected chi connectivity index (χ0v) is 17.1. The Labute approximate surface area is 176 Å². The van der Waals surface area contributed by atoms with Crippen LogP contribution in [0.25, 0.3) is 0 Å². The smallest absolute Gasteiger partial charge is 0.269 e. The van der Waals surface area contributed by atoms with Gasteiger partial charge in [0.05, 0.1) is 19.3 Å². The molecule has 2 aromatic rings. The largest absolute Gasteiger partial charge is 0.354 e. The van der Waals surface area contributed by atoms with Crippen molar-refractivity contribution in [3.8, 4) is 0 Å². The third kappa shape index (κ3) is 6.35. The minimum atomic E-state index is -0.330. The molecule has 1 aliphatic rings. The van der Waals surface area contributed by atoms with Crippen molar-refractivity contribution in [1.29, 1.82) is 0 Å². The molecule has 1 aliphatic heterocycles. The highest BCUT2D eigenvalue weighted by Crippen LogP contribution is 2.13. The van der Waals surface area contributed by atoms with Crippen molar-refractivity contribution in [2.24, 2.45) is 5.73 Å². The number of ether oxygens (including phenoxy) is 2. The Balaban J connectivity index is 1.60. The van der Waals surface area contributed by atoms with Gasteiger partial charge in [0.1, 0.15) is 5.69 Å². The van der Waals surface area contributed by atoms with Gasteiger partial charge in [-0.2, -0.15) is 0 Å². The number of rotatable bonds is 8. The van der Waals surface area contributed by atoms with Crippen molar-refractivity contribution in [2.75, 3.05) is 26.8 Å². The van der Waals surface area contributed by atoms with Gasteiger partial charge in [-0.05, 0) is 24.1 Å². The highest BCUT2D eigenvalue weighted by atomic mass is 16.7. The number of nitrogens with one attached hydrogen (secondary N) is 2. The number of amides is 2. The van der Waals surface area contributed by atoms with Crippen molar-refractivity contribution in [3.05, 3.63) is 65.0 Å². The van der Waals surface area contributed by atoms with Crippen molar-refractivity contribution >= 4 is 11.8 Å². The van der Waals surface area contributed by atoms with E-state index in [9.17, 15) is 9.59 Å². The van der Waals surface area contributed by atoms with Gasteiger partial charge in [-0.1, -0.05) is 30.3 Å². The lowest BCUT2D eigenvalue weighted by Crippen LogP contribution is -2.41. The first-order chi connectivity index (χ1) is 14.5. The first-order valence-electron chi connectivity index (χ1n) is 10.1. The van der Waals surface area contributed by atoms with Crippen LogP contribution in [0.1, 0.15) is 44.9 Å². The molecule has 2 amide bonds. The quantitative estimate of drug-likeness (QED) is 0.562. The van der Waals surface area contributed by atoms with E-state index in [1.54, 1.807) is 6.07 Å². The number of benzene rings is 1. The summed E-state index contributed by atoms with van der Waals surface area (Å²) in [6, 6.07) is 13.0. The van der Waals surface area contributed by atoms with Gasteiger partial charge in [-0.3, -0.25) is 9.59 Å². The van der Waals surface area contributed by atoms with Crippen LogP contribution in [0.5, 0.6) is 0 Å². The van der Waals surface area contributed by atoms with Crippen LogP contribution in [0.3, 0.4) is 0 Å². The number of aromatic nitrogens is 1. The molecule has 0 aliphatic carbocycles. The van der Waals surface area contributed by atoms with Crippen molar-refractivity contribution < 1.29 is 19.1 Å². The van der Waals surface area contributed by atoms with Crippen LogP contribution in [0.4, 0.5) is 0 Å². The highest BCUT2D eigenvalue weighted by molar-refractivity contribution is 5.98. The Morgan fingerprint density at radius 3 is 2.57 bits per heavy atom. The lowest BCUT2D eigenvalue weighted by molar-refractivity contribution is -0.188. The van der Waals surface area contributed by atoms with Crippen molar-refractivity contribution in [2.45, 2.75) is 31.6 Å². The van der Waals surface area contributed by atoms with Gasteiger partial charge in [-0.25, -0.2) is 4.98 Å². The fourth-order valence-electron chi connectivity index (χ4n) is 3.16. The van der Waals surface area contributed by atoms with Crippen LogP contribution in [-0.4, -0.2) is 55.9 Å². The summed E-state index contributed by atoms with van der Waals surface area (Å²) >= 11 is 0. The standard InChI is InChI=1S/C22H28N4O4/c1-24-22(28)19-12-16(11-18(26-19)10-15-6-3-2-4-7-15)21(27)25-9-5-8-20-29-13-17(23)14-30-20/h2-4,6-7,11-12,17,20H,5,8-10,13-14,23H2,1H3,(H,24,28)(H,25,27). The first-order valence-corrected chi connectivity index (χ1v) is 10.1. The van der Waals surface area contributed by atoms with Gasteiger partial charge in [0.2, 0.25) is 0 Å². The van der Waals surface area contributed by atoms with Gasteiger partial charge in [-0.15, -0.1) is 0 Å². The minimum absolute atomic E-state index is 0.0766. The zero-order chi connectivity index (χ0) is 21.3. The van der Waals surface area contributed by atoms with Gasteiger partial charge < -0.3 is 25.8 Å². The van der Waals surface area contributed by atoms with E-state index < -0.39 is 0 Å². The Hall–Kier alpha value is -2.81. The van der Waals surface area contributed by atoms with Crippen LogP contribution >= 0.6 is 0 Å². The van der Waals surface area contributed by atoms with Crippen LogP contribution in [0.2, 0.25) is 0 Å². The van der Waals surface area contributed by atoms with Crippen LogP contribution < -0.4 is 16.4 Å². The first kappa shape index (κ1) is 21.9. The van der Waals surface area contributed by atoms with E-state index in [2.05, 4.69) is 15.6 Å². The lowest BCUT2D eigenvalue weighted by atomic mass is 10.1. The third-order valence-corrected chi connectivity index (χ3v) is 4.72. The number of nitrogens with two attached hydrogens (primary N) is 1. The van der Waals surface area contributed by atoms with Gasteiger partial charge in [0.15, 0.2) is 6.29 Å². The van der Waals surface area contributed by atoms with E-state index in [-0.39, 0.29) is 29.8 Å². The van der Waals surface area contributed by atoms with E-state index in [1.807, 2.05) is 30.3 Å². The Bertz CT molecular complexity index is 851. The molecule has 0 radical (unpaired) electrons. The summed E-state index contributed by atoms with van der Waals surface area (Å²) < 4.78 is 11.0. The molecule has 0 bridgehead atoms. The Morgan fingerprint density at radius 2 is 1.87 bits per heavy atom. The van der Waals surface area contributed by atoms with Crippen LogP contribution in [-0.2, 0) is 15.9 Å². The maximum absolute atomic E-state index is 12.7. The second-order valence-corrected chi connectivity index (χ2v) is 7.23. The molecule has 0 saturated carbocycles. The summed E-state index contributed by atoms with van der Waals surface area (Å²) in [4.78, 5) is 29.2. The fraction of sp³-hybridized carbons (Fsp3) is 0.409. The second-order valence-electron chi connectivity index (χ2n) is 7.23. The number of hydrogen-bond donors (Lipinski definition) is 3. The van der Waals surface area contributed by atoms with Gasteiger partial charge in [0.25, 0.3) is 11.8 Å². The molecule has 1 aromatic carbocycles. The fourth-order valence-corrected chi connectivity index (χ4v) is 3.16. The molecule has 1 aromatic heterocycles. The maximum atomic E-state index is 12.7. The van der Waals surface area contributed by atoms with Gasteiger partial charge in [0, 0.05) is 37.7 Å². The van der Waals surface area contributed by atoms with Crippen molar-refractivity contribution in [1.82, 2.24) is 15.6 Å². The number of nitrogens with zero attached hydrogens (tertiary/aromatic N) is 1. The number of pyridine rings is 1. The molecule has 1 fully saturated rings. The van der Waals surface area contributed by atoms with Crippen LogP contribution in [0.15, 0.2) is 42.5 Å². The van der Waals surface area contributed by atoms with Crippen molar-refractivity contribution in [3.63, 3.8) is 0 Å². The number of hydrogen-bond acceptors (Lipinski definition) is 6. The molecule has 160 valence electrons. The molecule has 1 saturated heterocycles. The molecule has 8 nitrogen and oxygen atoms in total. The summed E-state index contributed by atoms with van der Waals surface area (Å²) in [5, 5.41) is 5.45. The molecule has 0 atom stereocenters.